The van der Waals surface area contributed by atoms with Gasteiger partial charge in [0.25, 0.3) is 0 Å². The highest BCUT2D eigenvalue weighted by Gasteiger charge is 2.14. The first-order valence-corrected chi connectivity index (χ1v) is 8.02. The Morgan fingerprint density at radius 3 is 2.29 bits per heavy atom. The summed E-state index contributed by atoms with van der Waals surface area (Å²) in [7, 11) is 1.75. The van der Waals surface area contributed by atoms with Crippen molar-refractivity contribution in [1.82, 2.24) is 9.97 Å². The summed E-state index contributed by atoms with van der Waals surface area (Å²) in [6.07, 6.45) is 6.13. The summed E-state index contributed by atoms with van der Waals surface area (Å²) in [5, 5.41) is 6.85. The molecule has 1 rings (SSSR count). The van der Waals surface area contributed by atoms with Gasteiger partial charge in [-0.25, -0.2) is 9.97 Å². The number of aromatic nitrogens is 2. The number of methoxy groups -OCH3 is 1. The van der Waals surface area contributed by atoms with Gasteiger partial charge >= 0.3 is 0 Å². The summed E-state index contributed by atoms with van der Waals surface area (Å²) in [6, 6.07) is 0. The van der Waals surface area contributed by atoms with Crippen LogP contribution in [0, 0.1) is 0 Å². The molecule has 0 aliphatic carbocycles. The van der Waals surface area contributed by atoms with Crippen molar-refractivity contribution in [2.45, 2.75) is 52.4 Å². The normalized spacial score (nSPS) is 10.9. The van der Waals surface area contributed by atoms with E-state index in [0.717, 1.165) is 50.6 Å². The van der Waals surface area contributed by atoms with Gasteiger partial charge in [-0.3, -0.25) is 0 Å². The topological polar surface area (TPSA) is 59.1 Å². The van der Waals surface area contributed by atoms with Crippen molar-refractivity contribution in [2.75, 3.05) is 37.4 Å². The van der Waals surface area contributed by atoms with Crippen LogP contribution in [0.2, 0.25) is 0 Å². The molecule has 0 radical (unpaired) electrons. The zero-order chi connectivity index (χ0) is 15.5. The van der Waals surface area contributed by atoms with Gasteiger partial charge in [0.05, 0.1) is 0 Å². The molecular weight excluding hydrogens is 264 g/mol. The lowest BCUT2D eigenvalue weighted by Gasteiger charge is -2.17. The number of hydrogen-bond donors (Lipinski definition) is 2. The van der Waals surface area contributed by atoms with Crippen LogP contribution in [-0.2, 0) is 4.74 Å². The molecule has 0 aliphatic heterocycles. The zero-order valence-corrected chi connectivity index (χ0v) is 13.9. The number of anilines is 2. The molecule has 0 amide bonds. The Labute approximate surface area is 128 Å². The molecule has 0 saturated carbocycles. The van der Waals surface area contributed by atoms with Gasteiger partial charge < -0.3 is 15.4 Å². The van der Waals surface area contributed by atoms with Gasteiger partial charge in [-0.1, -0.05) is 20.8 Å². The van der Waals surface area contributed by atoms with E-state index in [9.17, 15) is 0 Å². The minimum Gasteiger partial charge on any atom is -0.385 e. The highest BCUT2D eigenvalue weighted by Crippen LogP contribution is 2.28. The van der Waals surface area contributed by atoms with Crippen LogP contribution in [0.25, 0.3) is 0 Å². The predicted molar refractivity (Wildman–Crippen MR) is 89.1 cm³/mol. The minimum absolute atomic E-state index is 0.390. The van der Waals surface area contributed by atoms with Crippen molar-refractivity contribution in [2.24, 2.45) is 0 Å². The number of nitrogens with one attached hydrogen (secondary N) is 2. The van der Waals surface area contributed by atoms with Crippen molar-refractivity contribution in [1.29, 1.82) is 0 Å². The summed E-state index contributed by atoms with van der Waals surface area (Å²) >= 11 is 0. The smallest absolute Gasteiger partial charge is 0.134 e. The van der Waals surface area contributed by atoms with Gasteiger partial charge in [-0.15, -0.1) is 0 Å². The van der Waals surface area contributed by atoms with Crippen molar-refractivity contribution < 1.29 is 4.74 Å². The first-order valence-electron chi connectivity index (χ1n) is 8.02. The summed E-state index contributed by atoms with van der Waals surface area (Å²) < 4.78 is 5.06. The van der Waals surface area contributed by atoms with E-state index < -0.39 is 0 Å². The molecule has 0 fully saturated rings. The molecule has 1 aromatic rings. The first kappa shape index (κ1) is 17.7. The van der Waals surface area contributed by atoms with Gasteiger partial charge in [-0.2, -0.15) is 0 Å². The molecule has 0 bridgehead atoms. The lowest BCUT2D eigenvalue weighted by atomic mass is 10.0. The molecule has 0 spiro atoms. The largest absolute Gasteiger partial charge is 0.385 e. The Hall–Kier alpha value is -1.36. The Bertz CT molecular complexity index is 396. The van der Waals surface area contributed by atoms with Gasteiger partial charge in [0.1, 0.15) is 18.0 Å². The Kier molecular flexibility index (Phi) is 8.74. The summed E-state index contributed by atoms with van der Waals surface area (Å²) in [5.41, 5.74) is 1.18. The molecule has 0 unspecified atom stereocenters. The van der Waals surface area contributed by atoms with Crippen LogP contribution < -0.4 is 10.6 Å². The molecule has 1 heterocycles. The Morgan fingerprint density at radius 2 is 1.71 bits per heavy atom. The van der Waals surface area contributed by atoms with Gasteiger partial charge in [-0.05, 0) is 31.6 Å². The number of rotatable bonds is 11. The number of nitrogens with zero attached hydrogens (tertiary/aromatic N) is 2. The maximum atomic E-state index is 5.06. The van der Waals surface area contributed by atoms with Crippen LogP contribution in [0.4, 0.5) is 11.6 Å². The lowest BCUT2D eigenvalue weighted by molar-refractivity contribution is 0.192. The van der Waals surface area contributed by atoms with E-state index in [4.69, 9.17) is 4.74 Å². The fraction of sp³-hybridized carbons (Fsp3) is 0.750. The standard InChI is InChI=1S/C16H30N4O/c1-5-9-17-15-14(13(2)3)16(20-12-19-15)18-10-7-6-8-11-21-4/h12-13H,5-11H2,1-4H3,(H2,17,18,19,20). The van der Waals surface area contributed by atoms with E-state index in [1.807, 2.05) is 0 Å². The SMILES string of the molecule is CCCNc1ncnc(NCCCCCOC)c1C(C)C. The average Bonchev–Trinajstić information content (AvgIpc) is 2.48. The van der Waals surface area contributed by atoms with Crippen LogP contribution in [0.5, 0.6) is 0 Å². The fourth-order valence-electron chi connectivity index (χ4n) is 2.22. The molecule has 0 aromatic carbocycles. The third-order valence-corrected chi connectivity index (χ3v) is 3.32. The average molecular weight is 294 g/mol. The van der Waals surface area contributed by atoms with Gasteiger partial charge in [0, 0.05) is 32.4 Å². The van der Waals surface area contributed by atoms with Crippen molar-refractivity contribution >= 4 is 11.6 Å². The molecule has 2 N–H and O–H groups in total. The predicted octanol–water partition coefficient (Wildman–Crippen LogP) is 3.65. The first-order chi connectivity index (χ1) is 10.2. The minimum atomic E-state index is 0.390. The molecule has 21 heavy (non-hydrogen) atoms. The molecule has 5 nitrogen and oxygen atoms in total. The van der Waals surface area contributed by atoms with Crippen LogP contribution in [0.1, 0.15) is 57.9 Å². The van der Waals surface area contributed by atoms with Crippen molar-refractivity contribution in [3.8, 4) is 0 Å². The van der Waals surface area contributed by atoms with Crippen LogP contribution in [0.3, 0.4) is 0 Å². The van der Waals surface area contributed by atoms with Gasteiger partial charge in [0.15, 0.2) is 0 Å². The number of ether oxygens (including phenoxy) is 1. The van der Waals surface area contributed by atoms with Crippen molar-refractivity contribution in [3.63, 3.8) is 0 Å². The molecule has 0 atom stereocenters. The highest BCUT2D eigenvalue weighted by atomic mass is 16.5. The second-order valence-electron chi connectivity index (χ2n) is 5.55. The van der Waals surface area contributed by atoms with Crippen molar-refractivity contribution in [3.05, 3.63) is 11.9 Å². The molecule has 0 aliphatic rings. The van der Waals surface area contributed by atoms with Crippen LogP contribution >= 0.6 is 0 Å². The van der Waals surface area contributed by atoms with E-state index in [2.05, 4.69) is 41.4 Å². The summed E-state index contributed by atoms with van der Waals surface area (Å²) in [4.78, 5) is 8.80. The third kappa shape index (κ3) is 6.29. The lowest BCUT2D eigenvalue weighted by Crippen LogP contribution is -2.12. The highest BCUT2D eigenvalue weighted by molar-refractivity contribution is 5.58. The molecular formula is C16H30N4O. The van der Waals surface area contributed by atoms with Crippen LogP contribution in [-0.4, -0.2) is 36.8 Å². The van der Waals surface area contributed by atoms with E-state index in [1.54, 1.807) is 13.4 Å². The summed E-state index contributed by atoms with van der Waals surface area (Å²) in [5.74, 6) is 2.32. The van der Waals surface area contributed by atoms with E-state index >= 15 is 0 Å². The molecule has 1 aromatic heterocycles. The van der Waals surface area contributed by atoms with Gasteiger partial charge in [0.2, 0.25) is 0 Å². The summed E-state index contributed by atoms with van der Waals surface area (Å²) in [6.45, 7) is 9.23. The second kappa shape index (κ2) is 10.4. The molecule has 0 saturated heterocycles. The fourth-order valence-corrected chi connectivity index (χ4v) is 2.22. The maximum Gasteiger partial charge on any atom is 0.134 e. The third-order valence-electron chi connectivity index (χ3n) is 3.32. The number of hydrogen-bond acceptors (Lipinski definition) is 5. The van der Waals surface area contributed by atoms with E-state index in [0.29, 0.717) is 5.92 Å². The van der Waals surface area contributed by atoms with E-state index in [1.165, 1.54) is 12.0 Å². The molecule has 5 heteroatoms. The monoisotopic (exact) mass is 294 g/mol. The quantitative estimate of drug-likeness (QED) is 0.610. The Balaban J connectivity index is 2.59. The maximum absolute atomic E-state index is 5.06. The van der Waals surface area contributed by atoms with E-state index in [-0.39, 0.29) is 0 Å². The zero-order valence-electron chi connectivity index (χ0n) is 13.9. The number of unbranched alkanes of at least 4 members (excludes halogenated alkanes) is 2. The Morgan fingerprint density at radius 1 is 1.05 bits per heavy atom. The van der Waals surface area contributed by atoms with Crippen LogP contribution in [0.15, 0.2) is 6.33 Å². The molecule has 120 valence electrons. The second-order valence-corrected chi connectivity index (χ2v) is 5.55.